The SMILES string of the molecule is CC(C)=CCC/C(=C/CC/C=C(\CCC=C(C)C)C[Si](C)(C)C)C[Si](C)(C)C. The largest absolute Gasteiger partial charge is 0.0856 e. The van der Waals surface area contributed by atoms with Crippen LogP contribution in [-0.4, -0.2) is 16.1 Å². The Bertz CT molecular complexity index is 500. The van der Waals surface area contributed by atoms with Gasteiger partial charge in [0.2, 0.25) is 0 Å². The molecule has 28 heavy (non-hydrogen) atoms. The lowest BCUT2D eigenvalue weighted by molar-refractivity contribution is 0.909. The van der Waals surface area contributed by atoms with E-state index in [1.807, 2.05) is 0 Å². The monoisotopic (exact) mass is 418 g/mol. The second-order valence-corrected chi connectivity index (χ2v) is 22.4. The van der Waals surface area contributed by atoms with Crippen molar-refractivity contribution in [2.75, 3.05) is 0 Å². The molecule has 0 spiro atoms. The Kier molecular flexibility index (Phi) is 13.3. The zero-order valence-corrected chi connectivity index (χ0v) is 23.0. The van der Waals surface area contributed by atoms with Gasteiger partial charge in [0, 0.05) is 16.1 Å². The molecule has 0 bridgehead atoms. The van der Waals surface area contributed by atoms with E-state index in [9.17, 15) is 0 Å². The fourth-order valence-electron chi connectivity index (χ4n) is 3.56. The van der Waals surface area contributed by atoms with E-state index in [1.54, 1.807) is 11.1 Å². The van der Waals surface area contributed by atoms with Crippen LogP contribution in [0.15, 0.2) is 46.6 Å². The number of unbranched alkanes of at least 4 members (excludes halogenated alkanes) is 1. The Morgan fingerprint density at radius 3 is 1.07 bits per heavy atom. The van der Waals surface area contributed by atoms with Crippen molar-refractivity contribution < 1.29 is 0 Å². The molecule has 0 nitrogen and oxygen atoms in total. The third-order valence-electron chi connectivity index (χ3n) is 4.58. The summed E-state index contributed by atoms with van der Waals surface area (Å²) in [5.74, 6) is 0. The van der Waals surface area contributed by atoms with Gasteiger partial charge in [-0.25, -0.2) is 0 Å². The normalized spacial score (nSPS) is 13.5. The highest BCUT2D eigenvalue weighted by molar-refractivity contribution is 6.77. The lowest BCUT2D eigenvalue weighted by Gasteiger charge is -2.19. The van der Waals surface area contributed by atoms with Crippen molar-refractivity contribution in [3.8, 4) is 0 Å². The molecule has 0 aromatic rings. The summed E-state index contributed by atoms with van der Waals surface area (Å²) >= 11 is 0. The van der Waals surface area contributed by atoms with E-state index in [0.29, 0.717) is 0 Å². The first-order valence-electron chi connectivity index (χ1n) is 11.4. The molecule has 0 aromatic heterocycles. The van der Waals surface area contributed by atoms with Crippen molar-refractivity contribution in [3.05, 3.63) is 46.6 Å². The number of allylic oxidation sites excluding steroid dienone is 8. The third kappa shape index (κ3) is 18.7. The van der Waals surface area contributed by atoms with Gasteiger partial charge in [0.15, 0.2) is 0 Å². The molecule has 0 rings (SSSR count). The van der Waals surface area contributed by atoms with Crippen LogP contribution in [-0.2, 0) is 0 Å². The van der Waals surface area contributed by atoms with Gasteiger partial charge in [0.1, 0.15) is 0 Å². The van der Waals surface area contributed by atoms with Crippen LogP contribution in [0.3, 0.4) is 0 Å². The summed E-state index contributed by atoms with van der Waals surface area (Å²) in [7, 11) is -2.09. The van der Waals surface area contributed by atoms with Gasteiger partial charge in [-0.3, -0.25) is 0 Å². The van der Waals surface area contributed by atoms with Crippen LogP contribution in [0.25, 0.3) is 0 Å². The van der Waals surface area contributed by atoms with E-state index in [2.05, 4.69) is 91.3 Å². The number of hydrogen-bond donors (Lipinski definition) is 0. The van der Waals surface area contributed by atoms with Crippen LogP contribution in [0, 0.1) is 0 Å². The van der Waals surface area contributed by atoms with Crippen LogP contribution in [0.5, 0.6) is 0 Å². The summed E-state index contributed by atoms with van der Waals surface area (Å²) in [5.41, 5.74) is 6.31. The van der Waals surface area contributed by atoms with Gasteiger partial charge in [-0.15, -0.1) is 0 Å². The number of hydrogen-bond acceptors (Lipinski definition) is 0. The van der Waals surface area contributed by atoms with E-state index >= 15 is 0 Å². The van der Waals surface area contributed by atoms with Crippen molar-refractivity contribution >= 4 is 16.1 Å². The average molecular weight is 419 g/mol. The van der Waals surface area contributed by atoms with E-state index in [1.165, 1.54) is 61.8 Å². The van der Waals surface area contributed by atoms with Gasteiger partial charge in [0.05, 0.1) is 0 Å². The first kappa shape index (κ1) is 27.4. The van der Waals surface area contributed by atoms with Crippen molar-refractivity contribution in [2.24, 2.45) is 0 Å². The molecule has 0 fully saturated rings. The van der Waals surface area contributed by atoms with Gasteiger partial charge < -0.3 is 0 Å². The highest BCUT2D eigenvalue weighted by atomic mass is 28.3. The quantitative estimate of drug-likeness (QED) is 0.158. The molecule has 0 N–H and O–H groups in total. The molecule has 0 amide bonds. The average Bonchev–Trinajstić information content (AvgIpc) is 2.47. The molecular formula is C26H50Si2. The fraction of sp³-hybridized carbons (Fsp3) is 0.692. The van der Waals surface area contributed by atoms with Gasteiger partial charge in [-0.2, -0.15) is 0 Å². The molecule has 0 saturated carbocycles. The summed E-state index contributed by atoms with van der Waals surface area (Å²) in [6.45, 7) is 23.8. The maximum absolute atomic E-state index is 2.58. The second-order valence-electron chi connectivity index (χ2n) is 11.4. The molecule has 0 radical (unpaired) electrons. The van der Waals surface area contributed by atoms with Crippen molar-refractivity contribution in [3.63, 3.8) is 0 Å². The Hall–Kier alpha value is -0.606. The molecule has 162 valence electrons. The van der Waals surface area contributed by atoms with Crippen LogP contribution in [0.2, 0.25) is 51.4 Å². The second kappa shape index (κ2) is 13.6. The van der Waals surface area contributed by atoms with E-state index in [0.717, 1.165) is 0 Å². The molecule has 0 unspecified atom stereocenters. The summed E-state index contributed by atoms with van der Waals surface area (Å²) < 4.78 is 0. The van der Waals surface area contributed by atoms with E-state index in [4.69, 9.17) is 0 Å². The highest BCUT2D eigenvalue weighted by Gasteiger charge is 2.16. The first-order valence-corrected chi connectivity index (χ1v) is 18.8. The van der Waals surface area contributed by atoms with Crippen LogP contribution >= 0.6 is 0 Å². The molecule has 2 heteroatoms. The molecule has 0 atom stereocenters. The molecule has 0 aromatic carbocycles. The Morgan fingerprint density at radius 1 is 0.500 bits per heavy atom. The first-order chi connectivity index (χ1) is 12.8. The minimum atomic E-state index is -1.04. The predicted molar refractivity (Wildman–Crippen MR) is 139 cm³/mol. The summed E-state index contributed by atoms with van der Waals surface area (Å²) in [6.07, 6.45) is 17.3. The molecule has 0 heterocycles. The highest BCUT2D eigenvalue weighted by Crippen LogP contribution is 2.24. The van der Waals surface area contributed by atoms with Crippen LogP contribution in [0.1, 0.15) is 66.2 Å². The van der Waals surface area contributed by atoms with Crippen molar-refractivity contribution in [1.82, 2.24) is 0 Å². The Labute approximate surface area is 180 Å². The standard InChI is InChI=1S/C26H50Si2/c1-23(2)15-13-19-25(21-27(5,6)7)17-11-12-18-26(22-28(8,9)10)20-14-16-24(3)4/h15-18H,11-14,19-22H2,1-10H3/b25-17-,26-18+. The van der Waals surface area contributed by atoms with Crippen molar-refractivity contribution in [1.29, 1.82) is 0 Å². The van der Waals surface area contributed by atoms with Gasteiger partial charge in [0.25, 0.3) is 0 Å². The van der Waals surface area contributed by atoms with Crippen LogP contribution < -0.4 is 0 Å². The Morgan fingerprint density at radius 2 is 0.821 bits per heavy atom. The minimum absolute atomic E-state index is 1.04. The van der Waals surface area contributed by atoms with Gasteiger partial charge in [-0.05, 0) is 78.3 Å². The minimum Gasteiger partial charge on any atom is -0.0856 e. The lowest BCUT2D eigenvalue weighted by atomic mass is 10.1. The zero-order chi connectivity index (χ0) is 21.8. The summed E-state index contributed by atoms with van der Waals surface area (Å²) in [4.78, 5) is 0. The summed E-state index contributed by atoms with van der Waals surface area (Å²) in [5, 5.41) is 0. The predicted octanol–water partition coefficient (Wildman–Crippen LogP) is 9.79. The van der Waals surface area contributed by atoms with Crippen molar-refractivity contribution in [2.45, 2.75) is 118 Å². The third-order valence-corrected chi connectivity index (χ3v) is 7.61. The molecule has 0 aliphatic carbocycles. The fourth-order valence-corrected chi connectivity index (χ4v) is 6.92. The molecular weight excluding hydrogens is 368 g/mol. The summed E-state index contributed by atoms with van der Waals surface area (Å²) in [6, 6.07) is 2.71. The van der Waals surface area contributed by atoms with Crippen LogP contribution in [0.4, 0.5) is 0 Å². The van der Waals surface area contributed by atoms with Gasteiger partial charge >= 0.3 is 0 Å². The molecule has 0 aliphatic heterocycles. The van der Waals surface area contributed by atoms with E-state index in [-0.39, 0.29) is 0 Å². The number of rotatable bonds is 13. The van der Waals surface area contributed by atoms with E-state index < -0.39 is 16.1 Å². The smallest absolute Gasteiger partial charge is 0.0483 e. The maximum atomic E-state index is 2.58. The molecule has 0 saturated heterocycles. The lowest BCUT2D eigenvalue weighted by Crippen LogP contribution is -2.20. The molecule has 0 aliphatic rings. The topological polar surface area (TPSA) is 0 Å². The Balaban J connectivity index is 4.96. The zero-order valence-electron chi connectivity index (χ0n) is 21.0. The maximum Gasteiger partial charge on any atom is 0.0483 e. The van der Waals surface area contributed by atoms with Gasteiger partial charge in [-0.1, -0.05) is 85.9 Å².